The Morgan fingerprint density at radius 1 is 1.40 bits per heavy atom. The maximum atomic E-state index is 11.6. The van der Waals surface area contributed by atoms with Gasteiger partial charge in [-0.3, -0.25) is 14.9 Å². The lowest BCUT2D eigenvalue weighted by molar-refractivity contribution is -0.160. The molecule has 0 saturated carbocycles. The Hall–Kier alpha value is -1.47. The van der Waals surface area contributed by atoms with Crippen molar-refractivity contribution < 1.29 is 24.2 Å². The third-order valence-corrected chi connectivity index (χ3v) is 3.06. The second kappa shape index (κ2) is 7.96. The third-order valence-electron chi connectivity index (χ3n) is 3.06. The van der Waals surface area contributed by atoms with Crippen LogP contribution in [0.1, 0.15) is 33.1 Å². The zero-order valence-electron chi connectivity index (χ0n) is 11.8. The van der Waals surface area contributed by atoms with E-state index in [0.29, 0.717) is 12.8 Å². The fraction of sp³-hybridized carbons (Fsp3) is 0.769. The SMILES string of the molecule is CC(C)C[C@H](NCC(=O)OC(=O)[C@@H]1CCCN1)C(=O)O. The Kier molecular flexibility index (Phi) is 6.60. The number of ether oxygens (including phenoxy) is 1. The molecule has 0 amide bonds. The quantitative estimate of drug-likeness (QED) is 0.443. The van der Waals surface area contributed by atoms with Crippen LogP contribution in [-0.2, 0) is 19.1 Å². The molecule has 7 heteroatoms. The minimum Gasteiger partial charge on any atom is -0.480 e. The number of carbonyl (C=O) groups is 3. The van der Waals surface area contributed by atoms with E-state index in [2.05, 4.69) is 15.4 Å². The lowest BCUT2D eigenvalue weighted by Crippen LogP contribution is -2.42. The molecule has 0 aromatic rings. The Morgan fingerprint density at radius 3 is 2.60 bits per heavy atom. The number of esters is 2. The fourth-order valence-electron chi connectivity index (χ4n) is 2.05. The average Bonchev–Trinajstić information content (AvgIpc) is 2.87. The maximum absolute atomic E-state index is 11.6. The molecule has 0 aromatic heterocycles. The van der Waals surface area contributed by atoms with Crippen LogP contribution >= 0.6 is 0 Å². The maximum Gasteiger partial charge on any atom is 0.330 e. The molecular formula is C13H22N2O5. The van der Waals surface area contributed by atoms with Gasteiger partial charge < -0.3 is 15.2 Å². The molecule has 0 unspecified atom stereocenters. The van der Waals surface area contributed by atoms with Gasteiger partial charge >= 0.3 is 17.9 Å². The van der Waals surface area contributed by atoms with E-state index in [4.69, 9.17) is 5.11 Å². The molecule has 0 aliphatic carbocycles. The molecule has 114 valence electrons. The molecule has 1 saturated heterocycles. The van der Waals surface area contributed by atoms with Crippen LogP contribution < -0.4 is 10.6 Å². The first-order valence-electron chi connectivity index (χ1n) is 6.84. The van der Waals surface area contributed by atoms with E-state index in [9.17, 15) is 14.4 Å². The number of carbonyl (C=O) groups excluding carboxylic acids is 2. The molecule has 7 nitrogen and oxygen atoms in total. The third kappa shape index (κ3) is 5.66. The summed E-state index contributed by atoms with van der Waals surface area (Å²) in [6.45, 7) is 4.24. The number of carboxylic acid groups (broad SMARTS) is 1. The topological polar surface area (TPSA) is 105 Å². The van der Waals surface area contributed by atoms with E-state index in [0.717, 1.165) is 13.0 Å². The van der Waals surface area contributed by atoms with Gasteiger partial charge in [0.25, 0.3) is 0 Å². The minimum atomic E-state index is -1.02. The van der Waals surface area contributed by atoms with Crippen molar-refractivity contribution in [3.63, 3.8) is 0 Å². The first-order chi connectivity index (χ1) is 9.40. The summed E-state index contributed by atoms with van der Waals surface area (Å²) in [6.07, 6.45) is 1.94. The van der Waals surface area contributed by atoms with Gasteiger partial charge in [-0.05, 0) is 31.7 Å². The predicted molar refractivity (Wildman–Crippen MR) is 71.0 cm³/mol. The Labute approximate surface area is 118 Å². The van der Waals surface area contributed by atoms with E-state index >= 15 is 0 Å². The molecule has 0 aromatic carbocycles. The lowest BCUT2D eigenvalue weighted by atomic mass is 10.0. The summed E-state index contributed by atoms with van der Waals surface area (Å²) in [5.74, 6) is -2.18. The van der Waals surface area contributed by atoms with Crippen LogP contribution in [0.4, 0.5) is 0 Å². The molecule has 0 spiro atoms. The van der Waals surface area contributed by atoms with Crippen molar-refractivity contribution in [1.82, 2.24) is 10.6 Å². The van der Waals surface area contributed by atoms with Gasteiger partial charge in [-0.15, -0.1) is 0 Å². The minimum absolute atomic E-state index is 0.184. The standard InChI is InChI=1S/C13H22N2O5/c1-8(2)6-10(12(17)18)15-7-11(16)20-13(19)9-4-3-5-14-9/h8-10,14-15H,3-7H2,1-2H3,(H,17,18)/t9-,10-/m0/s1. The molecule has 1 rings (SSSR count). The molecular weight excluding hydrogens is 264 g/mol. The van der Waals surface area contributed by atoms with E-state index < -0.39 is 30.0 Å². The van der Waals surface area contributed by atoms with Crippen LogP contribution in [0.2, 0.25) is 0 Å². The highest BCUT2D eigenvalue weighted by Gasteiger charge is 2.26. The van der Waals surface area contributed by atoms with Crippen molar-refractivity contribution in [2.75, 3.05) is 13.1 Å². The van der Waals surface area contributed by atoms with Gasteiger partial charge in [-0.25, -0.2) is 4.79 Å². The van der Waals surface area contributed by atoms with Crippen molar-refractivity contribution in [1.29, 1.82) is 0 Å². The van der Waals surface area contributed by atoms with Gasteiger partial charge in [-0.2, -0.15) is 0 Å². The molecule has 1 heterocycles. The molecule has 1 aliphatic rings. The van der Waals surface area contributed by atoms with Gasteiger partial charge in [0.2, 0.25) is 0 Å². The van der Waals surface area contributed by atoms with Crippen molar-refractivity contribution in [3.05, 3.63) is 0 Å². The summed E-state index contributed by atoms with van der Waals surface area (Å²) in [5.41, 5.74) is 0. The van der Waals surface area contributed by atoms with E-state index in [1.165, 1.54) is 0 Å². The fourth-order valence-corrected chi connectivity index (χ4v) is 2.05. The second-order valence-electron chi connectivity index (χ2n) is 5.34. The highest BCUT2D eigenvalue weighted by atomic mass is 16.6. The van der Waals surface area contributed by atoms with Crippen LogP contribution in [0.5, 0.6) is 0 Å². The first kappa shape index (κ1) is 16.6. The van der Waals surface area contributed by atoms with Crippen LogP contribution in [0.15, 0.2) is 0 Å². The molecule has 3 N–H and O–H groups in total. The van der Waals surface area contributed by atoms with Crippen LogP contribution in [0.25, 0.3) is 0 Å². The van der Waals surface area contributed by atoms with Gasteiger partial charge in [0, 0.05) is 0 Å². The summed E-state index contributed by atoms with van der Waals surface area (Å²) >= 11 is 0. The van der Waals surface area contributed by atoms with Crippen LogP contribution in [0.3, 0.4) is 0 Å². The van der Waals surface area contributed by atoms with Gasteiger partial charge in [0.05, 0.1) is 6.54 Å². The summed E-state index contributed by atoms with van der Waals surface area (Å²) in [5, 5.41) is 14.5. The predicted octanol–water partition coefficient (Wildman–Crippen LogP) is -0.103. The summed E-state index contributed by atoms with van der Waals surface area (Å²) in [6, 6.07) is -1.24. The second-order valence-corrected chi connectivity index (χ2v) is 5.34. The molecule has 0 radical (unpaired) electrons. The number of hydrogen-bond donors (Lipinski definition) is 3. The number of rotatable bonds is 7. The molecule has 2 atom stereocenters. The molecule has 1 fully saturated rings. The lowest BCUT2D eigenvalue weighted by Gasteiger charge is -2.16. The largest absolute Gasteiger partial charge is 0.480 e. The van der Waals surface area contributed by atoms with Crippen molar-refractivity contribution >= 4 is 17.9 Å². The van der Waals surface area contributed by atoms with E-state index in [1.54, 1.807) is 0 Å². The molecule has 1 aliphatic heterocycles. The average molecular weight is 286 g/mol. The van der Waals surface area contributed by atoms with Crippen LogP contribution in [0, 0.1) is 5.92 Å². The Balaban J connectivity index is 2.33. The first-order valence-corrected chi connectivity index (χ1v) is 6.84. The normalized spacial score (nSPS) is 19.9. The van der Waals surface area contributed by atoms with Crippen molar-refractivity contribution in [2.45, 2.75) is 45.2 Å². The van der Waals surface area contributed by atoms with E-state index in [1.807, 2.05) is 13.8 Å². The highest BCUT2D eigenvalue weighted by Crippen LogP contribution is 2.07. The summed E-state index contributed by atoms with van der Waals surface area (Å²) in [7, 11) is 0. The van der Waals surface area contributed by atoms with Crippen molar-refractivity contribution in [3.8, 4) is 0 Å². The number of aliphatic carboxylic acids is 1. The van der Waals surface area contributed by atoms with Gasteiger partial charge in [0.1, 0.15) is 12.1 Å². The van der Waals surface area contributed by atoms with Gasteiger partial charge in [0.15, 0.2) is 0 Å². The number of nitrogens with one attached hydrogen (secondary N) is 2. The molecule has 0 bridgehead atoms. The van der Waals surface area contributed by atoms with Crippen molar-refractivity contribution in [2.24, 2.45) is 5.92 Å². The van der Waals surface area contributed by atoms with Crippen LogP contribution in [-0.4, -0.2) is 48.2 Å². The monoisotopic (exact) mass is 286 g/mol. The summed E-state index contributed by atoms with van der Waals surface area (Å²) < 4.78 is 4.67. The van der Waals surface area contributed by atoms with Gasteiger partial charge in [-0.1, -0.05) is 13.8 Å². The smallest absolute Gasteiger partial charge is 0.330 e. The Bertz CT molecular complexity index is 364. The number of hydrogen-bond acceptors (Lipinski definition) is 6. The molecule has 20 heavy (non-hydrogen) atoms. The summed E-state index contributed by atoms with van der Waals surface area (Å²) in [4.78, 5) is 34.0. The zero-order valence-corrected chi connectivity index (χ0v) is 11.8. The highest BCUT2D eigenvalue weighted by molar-refractivity contribution is 5.89. The zero-order chi connectivity index (χ0) is 15.1. The number of carboxylic acids is 1. The van der Waals surface area contributed by atoms with E-state index in [-0.39, 0.29) is 12.5 Å². The Morgan fingerprint density at radius 2 is 2.10 bits per heavy atom.